The van der Waals surface area contributed by atoms with E-state index < -0.39 is 0 Å². The number of aromatic nitrogens is 2. The first kappa shape index (κ1) is 19.7. The van der Waals surface area contributed by atoms with E-state index in [4.69, 9.17) is 0 Å². The molecule has 1 amide bonds. The van der Waals surface area contributed by atoms with Gasteiger partial charge in [0.25, 0.3) is 0 Å². The largest absolute Gasteiger partial charge is 0.367 e. The number of anilines is 4. The summed E-state index contributed by atoms with van der Waals surface area (Å²) >= 11 is 0. The summed E-state index contributed by atoms with van der Waals surface area (Å²) in [6.45, 7) is 0. The topological polar surface area (TPSA) is 78.9 Å². The Balaban J connectivity index is 1.29. The van der Waals surface area contributed by atoms with Crippen LogP contribution in [0.2, 0.25) is 0 Å². The van der Waals surface area contributed by atoms with Crippen LogP contribution in [0.15, 0.2) is 36.5 Å². The van der Waals surface area contributed by atoms with E-state index in [9.17, 15) is 4.79 Å². The molecule has 154 valence electrons. The molecule has 29 heavy (non-hydrogen) atoms. The van der Waals surface area contributed by atoms with E-state index in [1.807, 2.05) is 30.3 Å². The van der Waals surface area contributed by atoms with Crippen LogP contribution in [0.4, 0.5) is 23.1 Å². The van der Waals surface area contributed by atoms with Gasteiger partial charge in [0.15, 0.2) is 0 Å². The van der Waals surface area contributed by atoms with Crippen LogP contribution in [0.25, 0.3) is 0 Å². The van der Waals surface area contributed by atoms with Gasteiger partial charge in [-0.15, -0.1) is 0 Å². The second-order valence-electron chi connectivity index (χ2n) is 8.35. The molecule has 2 aliphatic rings. The Bertz CT molecular complexity index is 795. The number of nitrogens with one attached hydrogen (secondary N) is 3. The van der Waals surface area contributed by atoms with E-state index in [-0.39, 0.29) is 5.91 Å². The number of benzene rings is 1. The van der Waals surface area contributed by atoms with Crippen molar-refractivity contribution in [1.82, 2.24) is 9.97 Å². The van der Waals surface area contributed by atoms with E-state index >= 15 is 0 Å². The summed E-state index contributed by atoms with van der Waals surface area (Å²) in [5, 5.41) is 9.75. The third kappa shape index (κ3) is 5.92. The van der Waals surface area contributed by atoms with Gasteiger partial charge in [-0.3, -0.25) is 4.79 Å². The summed E-state index contributed by atoms with van der Waals surface area (Å²) in [7, 11) is 0. The summed E-state index contributed by atoms with van der Waals surface area (Å²) < 4.78 is 0. The maximum absolute atomic E-state index is 12.3. The molecule has 1 aromatic heterocycles. The van der Waals surface area contributed by atoms with Gasteiger partial charge in [0.05, 0.1) is 0 Å². The normalized spacial score (nSPS) is 17.8. The summed E-state index contributed by atoms with van der Waals surface area (Å²) in [6, 6.07) is 10.2. The highest BCUT2D eigenvalue weighted by Gasteiger charge is 2.17. The molecule has 2 fully saturated rings. The Kier molecular flexibility index (Phi) is 6.60. The van der Waals surface area contributed by atoms with Gasteiger partial charge in [0, 0.05) is 30.0 Å². The van der Waals surface area contributed by atoms with Crippen LogP contribution in [-0.4, -0.2) is 21.9 Å². The first-order valence-corrected chi connectivity index (χ1v) is 11.0. The highest BCUT2D eigenvalue weighted by molar-refractivity contribution is 5.91. The van der Waals surface area contributed by atoms with Crippen molar-refractivity contribution in [2.75, 3.05) is 16.0 Å². The van der Waals surface area contributed by atoms with Crippen molar-refractivity contribution < 1.29 is 4.79 Å². The zero-order chi connectivity index (χ0) is 19.9. The Hall–Kier alpha value is -2.63. The average molecular weight is 394 g/mol. The second-order valence-corrected chi connectivity index (χ2v) is 8.35. The molecule has 1 aromatic carbocycles. The molecule has 0 atom stereocenters. The van der Waals surface area contributed by atoms with Crippen molar-refractivity contribution in [3.8, 4) is 0 Å². The number of hydrogen-bond donors (Lipinski definition) is 3. The third-order valence-electron chi connectivity index (χ3n) is 5.99. The van der Waals surface area contributed by atoms with Gasteiger partial charge < -0.3 is 16.0 Å². The first-order valence-electron chi connectivity index (χ1n) is 11.0. The molecule has 3 N–H and O–H groups in total. The lowest BCUT2D eigenvalue weighted by Crippen LogP contribution is -2.18. The summed E-state index contributed by atoms with van der Waals surface area (Å²) in [4.78, 5) is 21.2. The van der Waals surface area contributed by atoms with Crippen molar-refractivity contribution in [2.24, 2.45) is 5.92 Å². The fraction of sp³-hybridized carbons (Fsp3) is 0.522. The van der Waals surface area contributed by atoms with Crippen molar-refractivity contribution in [2.45, 2.75) is 70.3 Å². The smallest absolute Gasteiger partial charge is 0.229 e. The van der Waals surface area contributed by atoms with Gasteiger partial charge >= 0.3 is 0 Å². The van der Waals surface area contributed by atoms with E-state index in [1.165, 1.54) is 57.8 Å². The zero-order valence-electron chi connectivity index (χ0n) is 17.0. The summed E-state index contributed by atoms with van der Waals surface area (Å²) in [6.07, 6.45) is 13.6. The van der Waals surface area contributed by atoms with E-state index in [2.05, 4.69) is 25.9 Å². The molecule has 0 bridgehead atoms. The van der Waals surface area contributed by atoms with Gasteiger partial charge in [-0.05, 0) is 61.9 Å². The van der Waals surface area contributed by atoms with Crippen LogP contribution < -0.4 is 16.0 Å². The molecule has 4 rings (SSSR count). The van der Waals surface area contributed by atoms with Gasteiger partial charge in [0.2, 0.25) is 11.9 Å². The number of carbonyl (C=O) groups is 1. The Labute approximate surface area is 172 Å². The Morgan fingerprint density at radius 1 is 0.897 bits per heavy atom. The molecule has 6 heteroatoms. The minimum Gasteiger partial charge on any atom is -0.367 e. The number of rotatable bonds is 7. The molecular formula is C23H31N5O. The molecule has 0 spiro atoms. The first-order chi connectivity index (χ1) is 14.2. The van der Waals surface area contributed by atoms with Gasteiger partial charge in [0.1, 0.15) is 5.82 Å². The lowest BCUT2D eigenvalue weighted by atomic mass is 9.87. The second kappa shape index (κ2) is 9.72. The summed E-state index contributed by atoms with van der Waals surface area (Å²) in [5.74, 6) is 2.10. The molecule has 1 heterocycles. The molecule has 2 aromatic rings. The van der Waals surface area contributed by atoms with Crippen molar-refractivity contribution in [3.63, 3.8) is 0 Å². The quantitative estimate of drug-likeness (QED) is 0.580. The highest BCUT2D eigenvalue weighted by Crippen LogP contribution is 2.27. The standard InChI is InChI=1S/C23H31N5O/c29-22(16-17-6-2-1-3-7-17)26-19-10-12-20(13-11-19)27-23-24-15-14-21(28-23)25-18-8-4-5-9-18/h10-15,17-18H,1-9,16H2,(H,26,29)(H2,24,25,27,28). The van der Waals surface area contributed by atoms with E-state index in [1.54, 1.807) is 6.20 Å². The van der Waals surface area contributed by atoms with E-state index in [0.717, 1.165) is 17.2 Å². The van der Waals surface area contributed by atoms with Crippen LogP contribution in [0.1, 0.15) is 64.2 Å². The van der Waals surface area contributed by atoms with Gasteiger partial charge in [-0.25, -0.2) is 4.98 Å². The monoisotopic (exact) mass is 393 g/mol. The third-order valence-corrected chi connectivity index (χ3v) is 5.99. The minimum absolute atomic E-state index is 0.117. The molecule has 6 nitrogen and oxygen atoms in total. The molecule has 0 saturated heterocycles. The number of nitrogens with zero attached hydrogens (tertiary/aromatic N) is 2. The van der Waals surface area contributed by atoms with Crippen molar-refractivity contribution in [1.29, 1.82) is 0 Å². The predicted octanol–water partition coefficient (Wildman–Crippen LogP) is 5.48. The maximum Gasteiger partial charge on any atom is 0.229 e. The number of amides is 1. The molecule has 2 aliphatic carbocycles. The molecule has 0 unspecified atom stereocenters. The van der Waals surface area contributed by atoms with Crippen LogP contribution in [0, 0.1) is 5.92 Å². The van der Waals surface area contributed by atoms with Crippen LogP contribution in [0.3, 0.4) is 0 Å². The fourth-order valence-electron chi connectivity index (χ4n) is 4.41. The number of carbonyl (C=O) groups excluding carboxylic acids is 1. The SMILES string of the molecule is O=C(CC1CCCCC1)Nc1ccc(Nc2nccc(NC3CCCC3)n2)cc1. The van der Waals surface area contributed by atoms with Gasteiger partial charge in [-0.1, -0.05) is 32.1 Å². The highest BCUT2D eigenvalue weighted by atomic mass is 16.1. The maximum atomic E-state index is 12.3. The van der Waals surface area contributed by atoms with Gasteiger partial charge in [-0.2, -0.15) is 4.98 Å². The van der Waals surface area contributed by atoms with Crippen LogP contribution in [-0.2, 0) is 4.79 Å². The van der Waals surface area contributed by atoms with E-state index in [0.29, 0.717) is 24.3 Å². The summed E-state index contributed by atoms with van der Waals surface area (Å²) in [5.41, 5.74) is 1.72. The molecule has 0 radical (unpaired) electrons. The van der Waals surface area contributed by atoms with Crippen molar-refractivity contribution >= 4 is 29.0 Å². The average Bonchev–Trinajstić information content (AvgIpc) is 3.23. The fourth-order valence-corrected chi connectivity index (χ4v) is 4.41. The zero-order valence-corrected chi connectivity index (χ0v) is 17.0. The minimum atomic E-state index is 0.117. The predicted molar refractivity (Wildman–Crippen MR) is 117 cm³/mol. The van der Waals surface area contributed by atoms with Crippen LogP contribution >= 0.6 is 0 Å². The Morgan fingerprint density at radius 2 is 1.59 bits per heavy atom. The molecule has 0 aliphatic heterocycles. The lowest BCUT2D eigenvalue weighted by Gasteiger charge is -2.20. The number of hydrogen-bond acceptors (Lipinski definition) is 5. The lowest BCUT2D eigenvalue weighted by molar-refractivity contribution is -0.117. The van der Waals surface area contributed by atoms with Crippen molar-refractivity contribution in [3.05, 3.63) is 36.5 Å². The molecule has 2 saturated carbocycles. The Morgan fingerprint density at radius 3 is 2.34 bits per heavy atom. The molecular weight excluding hydrogens is 362 g/mol. The van der Waals surface area contributed by atoms with Crippen LogP contribution in [0.5, 0.6) is 0 Å².